The van der Waals surface area contributed by atoms with Crippen LogP contribution in [0.25, 0.3) is 0 Å². The number of carbonyl (C=O) groups is 1. The van der Waals surface area contributed by atoms with Gasteiger partial charge in [0.2, 0.25) is 0 Å². The van der Waals surface area contributed by atoms with Gasteiger partial charge in [0, 0.05) is 12.2 Å². The molecule has 1 aromatic heterocycles. The normalized spacial score (nSPS) is 14.0. The minimum Gasteiger partial charge on any atom is -0.465 e. The number of hydrogen-bond acceptors (Lipinski definition) is 4. The van der Waals surface area contributed by atoms with Gasteiger partial charge in [-0.05, 0) is 52.0 Å². The summed E-state index contributed by atoms with van der Waals surface area (Å²) < 4.78 is 7.08. The van der Waals surface area contributed by atoms with Crippen molar-refractivity contribution in [1.29, 1.82) is 0 Å². The molecule has 0 amide bonds. The number of esters is 1. The highest BCUT2D eigenvalue weighted by atomic mass is 16.5. The van der Waals surface area contributed by atoms with Gasteiger partial charge < -0.3 is 10.5 Å². The summed E-state index contributed by atoms with van der Waals surface area (Å²) in [5.41, 5.74) is 7.54. The molecule has 120 valence electrons. The van der Waals surface area contributed by atoms with Crippen LogP contribution in [0.15, 0.2) is 6.07 Å². The van der Waals surface area contributed by atoms with Crippen LogP contribution in [-0.4, -0.2) is 27.9 Å². The molecule has 1 aromatic rings. The smallest absolute Gasteiger partial charge is 0.325 e. The van der Waals surface area contributed by atoms with Crippen molar-refractivity contribution in [2.45, 2.75) is 71.9 Å². The van der Waals surface area contributed by atoms with Gasteiger partial charge in [-0.25, -0.2) is 0 Å². The molecule has 0 saturated carbocycles. The standard InChI is InChI=1S/C16H29N3O2/c1-5-13-12-14(6-2)19(18-13)11-9-8-10-16(4,17)15(20)21-7-3/h12H,5-11,17H2,1-4H3. The Morgan fingerprint density at radius 3 is 2.62 bits per heavy atom. The van der Waals surface area contributed by atoms with Gasteiger partial charge in [-0.1, -0.05) is 13.8 Å². The van der Waals surface area contributed by atoms with Crippen LogP contribution in [0.1, 0.15) is 58.3 Å². The summed E-state index contributed by atoms with van der Waals surface area (Å²) in [5, 5.41) is 4.59. The summed E-state index contributed by atoms with van der Waals surface area (Å²) >= 11 is 0. The second-order valence-corrected chi connectivity index (χ2v) is 5.65. The molecule has 1 atom stereocenters. The van der Waals surface area contributed by atoms with Crippen molar-refractivity contribution in [2.24, 2.45) is 5.73 Å². The molecule has 0 spiro atoms. The fraction of sp³-hybridized carbons (Fsp3) is 0.750. The van der Waals surface area contributed by atoms with Crippen LogP contribution in [0.2, 0.25) is 0 Å². The zero-order valence-electron chi connectivity index (χ0n) is 13.8. The molecule has 0 radical (unpaired) electrons. The maximum atomic E-state index is 11.7. The summed E-state index contributed by atoms with van der Waals surface area (Å²) in [6.45, 7) is 9.05. The Kier molecular flexibility index (Phi) is 6.89. The van der Waals surface area contributed by atoms with E-state index in [4.69, 9.17) is 10.5 Å². The van der Waals surface area contributed by atoms with Gasteiger partial charge >= 0.3 is 5.97 Å². The van der Waals surface area contributed by atoms with E-state index in [9.17, 15) is 4.79 Å². The molecule has 0 bridgehead atoms. The van der Waals surface area contributed by atoms with Crippen molar-refractivity contribution in [3.63, 3.8) is 0 Å². The molecule has 5 nitrogen and oxygen atoms in total. The Labute approximate surface area is 127 Å². The number of hydrogen-bond donors (Lipinski definition) is 1. The van der Waals surface area contributed by atoms with Crippen LogP contribution < -0.4 is 5.73 Å². The van der Waals surface area contributed by atoms with Crippen LogP contribution in [0.4, 0.5) is 0 Å². The predicted octanol–water partition coefficient (Wildman–Crippen LogP) is 2.46. The van der Waals surface area contributed by atoms with Crippen molar-refractivity contribution in [2.75, 3.05) is 6.61 Å². The van der Waals surface area contributed by atoms with Crippen molar-refractivity contribution < 1.29 is 9.53 Å². The van der Waals surface area contributed by atoms with Gasteiger partial charge in [0.05, 0.1) is 12.3 Å². The maximum Gasteiger partial charge on any atom is 0.325 e. The molecule has 0 aliphatic carbocycles. The molecule has 5 heteroatoms. The van der Waals surface area contributed by atoms with Gasteiger partial charge in [0.1, 0.15) is 5.54 Å². The second kappa shape index (κ2) is 8.17. The highest BCUT2D eigenvalue weighted by molar-refractivity contribution is 5.79. The maximum absolute atomic E-state index is 11.7. The summed E-state index contributed by atoms with van der Waals surface area (Å²) in [6, 6.07) is 2.17. The SMILES string of the molecule is CCOC(=O)C(C)(N)CCCCn1nc(CC)cc1CC. The predicted molar refractivity (Wildman–Crippen MR) is 84.1 cm³/mol. The number of aromatic nitrogens is 2. The van der Waals surface area contributed by atoms with Gasteiger partial charge in [-0.3, -0.25) is 9.48 Å². The topological polar surface area (TPSA) is 70.1 Å². The van der Waals surface area contributed by atoms with E-state index in [0.29, 0.717) is 13.0 Å². The number of ether oxygens (including phenoxy) is 1. The lowest BCUT2D eigenvalue weighted by Crippen LogP contribution is -2.46. The molecule has 1 heterocycles. The molecule has 1 unspecified atom stereocenters. The van der Waals surface area contributed by atoms with Crippen LogP contribution >= 0.6 is 0 Å². The Morgan fingerprint density at radius 1 is 1.33 bits per heavy atom. The van der Waals surface area contributed by atoms with E-state index in [1.807, 2.05) is 0 Å². The first-order valence-electron chi connectivity index (χ1n) is 7.96. The average Bonchev–Trinajstić information content (AvgIpc) is 2.86. The Morgan fingerprint density at radius 2 is 2.05 bits per heavy atom. The van der Waals surface area contributed by atoms with Gasteiger partial charge in [-0.2, -0.15) is 5.10 Å². The van der Waals surface area contributed by atoms with Crippen molar-refractivity contribution in [1.82, 2.24) is 9.78 Å². The van der Waals surface area contributed by atoms with E-state index >= 15 is 0 Å². The molecule has 0 saturated heterocycles. The molecule has 0 aromatic carbocycles. The number of carbonyl (C=O) groups excluding carboxylic acids is 1. The van der Waals surface area contributed by atoms with E-state index in [1.165, 1.54) is 5.69 Å². The molecule has 21 heavy (non-hydrogen) atoms. The number of aryl methyl sites for hydroxylation is 3. The first-order valence-corrected chi connectivity index (χ1v) is 7.96. The van der Waals surface area contributed by atoms with E-state index in [2.05, 4.69) is 29.7 Å². The van der Waals surface area contributed by atoms with Crippen LogP contribution in [-0.2, 0) is 28.9 Å². The highest BCUT2D eigenvalue weighted by Gasteiger charge is 2.29. The van der Waals surface area contributed by atoms with E-state index in [0.717, 1.165) is 37.9 Å². The number of nitrogens with two attached hydrogens (primary N) is 1. The molecule has 0 aliphatic heterocycles. The van der Waals surface area contributed by atoms with E-state index in [-0.39, 0.29) is 5.97 Å². The third kappa shape index (κ3) is 5.16. The van der Waals surface area contributed by atoms with Gasteiger partial charge in [-0.15, -0.1) is 0 Å². The number of unbranched alkanes of at least 4 members (excludes halogenated alkanes) is 1. The minimum absolute atomic E-state index is 0.313. The Balaban J connectivity index is 2.43. The van der Waals surface area contributed by atoms with E-state index in [1.54, 1.807) is 13.8 Å². The minimum atomic E-state index is -0.887. The quantitative estimate of drug-likeness (QED) is 0.561. The third-order valence-electron chi connectivity index (χ3n) is 3.70. The molecule has 2 N–H and O–H groups in total. The lowest BCUT2D eigenvalue weighted by molar-refractivity contribution is -0.149. The number of rotatable bonds is 9. The summed E-state index contributed by atoms with van der Waals surface area (Å²) in [5.74, 6) is -0.313. The van der Waals surface area contributed by atoms with E-state index < -0.39 is 5.54 Å². The Hall–Kier alpha value is -1.36. The zero-order chi connectivity index (χ0) is 15.9. The largest absolute Gasteiger partial charge is 0.465 e. The summed E-state index contributed by atoms with van der Waals surface area (Å²) in [7, 11) is 0. The van der Waals surface area contributed by atoms with Crippen molar-refractivity contribution in [3.8, 4) is 0 Å². The number of nitrogens with zero attached hydrogens (tertiary/aromatic N) is 2. The van der Waals surface area contributed by atoms with Gasteiger partial charge in [0.15, 0.2) is 0 Å². The molecule has 0 fully saturated rings. The third-order valence-corrected chi connectivity index (χ3v) is 3.70. The van der Waals surface area contributed by atoms with Crippen LogP contribution in [0.5, 0.6) is 0 Å². The summed E-state index contributed by atoms with van der Waals surface area (Å²) in [6.07, 6.45) is 4.43. The first-order chi connectivity index (χ1) is 9.94. The van der Waals surface area contributed by atoms with Crippen molar-refractivity contribution >= 4 is 5.97 Å². The summed E-state index contributed by atoms with van der Waals surface area (Å²) in [4.78, 5) is 11.7. The fourth-order valence-electron chi connectivity index (χ4n) is 2.32. The first kappa shape index (κ1) is 17.7. The lowest BCUT2D eigenvalue weighted by Gasteiger charge is -2.22. The lowest BCUT2D eigenvalue weighted by atomic mass is 9.96. The second-order valence-electron chi connectivity index (χ2n) is 5.65. The van der Waals surface area contributed by atoms with Crippen molar-refractivity contribution in [3.05, 3.63) is 17.5 Å². The highest BCUT2D eigenvalue weighted by Crippen LogP contribution is 2.14. The molecular formula is C16H29N3O2. The monoisotopic (exact) mass is 295 g/mol. The Bertz CT molecular complexity index is 452. The zero-order valence-corrected chi connectivity index (χ0v) is 13.8. The van der Waals surface area contributed by atoms with Gasteiger partial charge in [0.25, 0.3) is 0 Å². The molecule has 1 rings (SSSR count). The fourth-order valence-corrected chi connectivity index (χ4v) is 2.32. The molecule has 0 aliphatic rings. The van der Waals surface area contributed by atoms with Crippen LogP contribution in [0, 0.1) is 0 Å². The average molecular weight is 295 g/mol. The molecular weight excluding hydrogens is 266 g/mol. The van der Waals surface area contributed by atoms with Crippen LogP contribution in [0.3, 0.4) is 0 Å².